The minimum absolute atomic E-state index is 0.0868. The molecule has 4 aliphatic rings. The molecule has 0 unspecified atom stereocenters. The number of hydrogen-bond donors (Lipinski definition) is 4. The Morgan fingerprint density at radius 1 is 1.07 bits per heavy atom. The number of aromatic nitrogens is 4. The fraction of sp³-hybridized carbons (Fsp3) is 0.533. The molecule has 232 valence electrons. The average molecular weight is 643 g/mol. The Balaban J connectivity index is 1.28. The summed E-state index contributed by atoms with van der Waals surface area (Å²) in [6.45, 7) is 4.68. The number of H-pyrrole nitrogens is 1. The number of pyridine rings is 2. The molecule has 2 spiro atoms. The van der Waals surface area contributed by atoms with Crippen molar-refractivity contribution in [2.45, 2.75) is 87.4 Å². The molecule has 3 fully saturated rings. The number of hydrogen-bond acceptors (Lipinski definition) is 9. The summed E-state index contributed by atoms with van der Waals surface area (Å²) in [4.78, 5) is 49.0. The Morgan fingerprint density at radius 2 is 1.86 bits per heavy atom. The molecule has 2 saturated heterocycles. The Bertz CT molecular complexity index is 1670. The van der Waals surface area contributed by atoms with Crippen molar-refractivity contribution in [1.29, 1.82) is 0 Å². The van der Waals surface area contributed by atoms with Gasteiger partial charge in [-0.3, -0.25) is 14.9 Å². The van der Waals surface area contributed by atoms with Crippen molar-refractivity contribution >= 4 is 40.8 Å². The van der Waals surface area contributed by atoms with Crippen molar-refractivity contribution in [3.05, 3.63) is 68.3 Å². The first kappa shape index (κ1) is 29.4. The number of rotatable bonds is 4. The number of carbonyl (C=O) groups excluding carboxylic acids is 2. The fourth-order valence-corrected chi connectivity index (χ4v) is 8.23. The van der Waals surface area contributed by atoms with Crippen LogP contribution >= 0.6 is 23.2 Å². The van der Waals surface area contributed by atoms with E-state index in [1.54, 1.807) is 18.3 Å². The molecule has 44 heavy (non-hydrogen) atoms. The minimum atomic E-state index is -1.17. The summed E-state index contributed by atoms with van der Waals surface area (Å²) in [5.41, 5.74) is -0.387. The van der Waals surface area contributed by atoms with Gasteiger partial charge in [0.2, 0.25) is 17.7 Å². The highest BCUT2D eigenvalue weighted by Gasteiger charge is 2.73. The number of carbonyl (C=O) groups is 2. The average Bonchev–Trinajstić information content (AvgIpc) is 3.64. The van der Waals surface area contributed by atoms with Crippen molar-refractivity contribution in [1.82, 2.24) is 30.8 Å². The van der Waals surface area contributed by atoms with Crippen molar-refractivity contribution in [3.63, 3.8) is 0 Å². The molecule has 7 rings (SSSR count). The van der Waals surface area contributed by atoms with Crippen molar-refractivity contribution in [2.75, 3.05) is 11.9 Å². The summed E-state index contributed by atoms with van der Waals surface area (Å²) in [6.07, 6.45) is 5.30. The number of halogens is 2. The first-order valence-corrected chi connectivity index (χ1v) is 15.6. The highest BCUT2D eigenvalue weighted by molar-refractivity contribution is 6.30. The van der Waals surface area contributed by atoms with Gasteiger partial charge in [0.25, 0.3) is 0 Å². The zero-order chi connectivity index (χ0) is 30.9. The molecule has 1 saturated carbocycles. The van der Waals surface area contributed by atoms with Gasteiger partial charge >= 0.3 is 5.76 Å². The van der Waals surface area contributed by atoms with E-state index in [4.69, 9.17) is 32.4 Å². The molecule has 3 aliphatic heterocycles. The molecule has 3 aromatic heterocycles. The molecular formula is C30H33Cl2N7O5. The molecule has 3 aromatic rings. The van der Waals surface area contributed by atoms with E-state index < -0.39 is 34.8 Å². The first-order chi connectivity index (χ1) is 21.0. The van der Waals surface area contributed by atoms with E-state index in [-0.39, 0.29) is 46.1 Å². The van der Waals surface area contributed by atoms with Crippen LogP contribution in [0.5, 0.6) is 0 Å². The summed E-state index contributed by atoms with van der Waals surface area (Å²) in [7, 11) is 0. The van der Waals surface area contributed by atoms with Crippen LogP contribution in [0, 0.1) is 5.41 Å². The molecule has 6 heterocycles. The van der Waals surface area contributed by atoms with Gasteiger partial charge in [-0.1, -0.05) is 43.1 Å². The molecule has 0 radical (unpaired) electrons. The molecule has 5 atom stereocenters. The second-order valence-electron chi connectivity index (χ2n) is 13.1. The maximum atomic E-state index is 14.5. The van der Waals surface area contributed by atoms with Gasteiger partial charge in [0.05, 0.1) is 18.7 Å². The van der Waals surface area contributed by atoms with Gasteiger partial charge in [-0.05, 0) is 67.7 Å². The molecule has 0 aromatic carbocycles. The minimum Gasteiger partial charge on any atom is -0.390 e. The number of fused-ring (bicyclic) bond motifs is 3. The van der Waals surface area contributed by atoms with Crippen LogP contribution in [0.2, 0.25) is 10.3 Å². The van der Waals surface area contributed by atoms with Crippen LogP contribution in [0.3, 0.4) is 0 Å². The number of ether oxygens (including phenoxy) is 1. The van der Waals surface area contributed by atoms with Crippen LogP contribution in [0.1, 0.15) is 81.4 Å². The van der Waals surface area contributed by atoms with Crippen LogP contribution in [-0.2, 0) is 19.7 Å². The predicted octanol–water partition coefficient (Wildman–Crippen LogP) is 3.78. The normalized spacial score (nSPS) is 30.3. The number of nitrogens with zero attached hydrogens (tertiary/aromatic N) is 3. The molecule has 12 nitrogen and oxygen atoms in total. The second kappa shape index (κ2) is 10.6. The van der Waals surface area contributed by atoms with Gasteiger partial charge in [0.15, 0.2) is 0 Å². The number of anilines is 1. The van der Waals surface area contributed by atoms with E-state index in [1.807, 2.05) is 12.1 Å². The van der Waals surface area contributed by atoms with Gasteiger partial charge in [-0.15, -0.1) is 5.10 Å². The highest BCUT2D eigenvalue weighted by atomic mass is 35.5. The third-order valence-electron chi connectivity index (χ3n) is 10.1. The Kier molecular flexibility index (Phi) is 7.11. The molecule has 0 bridgehead atoms. The van der Waals surface area contributed by atoms with Crippen LogP contribution in [0.4, 0.5) is 5.82 Å². The smallest absolute Gasteiger partial charge is 0.390 e. The summed E-state index contributed by atoms with van der Waals surface area (Å²) in [5.74, 6) is -1.13. The van der Waals surface area contributed by atoms with Crippen molar-refractivity contribution in [2.24, 2.45) is 5.41 Å². The summed E-state index contributed by atoms with van der Waals surface area (Å²) in [6, 6.07) is 6.05. The van der Waals surface area contributed by atoms with Crippen LogP contribution in [0.25, 0.3) is 0 Å². The van der Waals surface area contributed by atoms with E-state index in [0.717, 1.165) is 24.0 Å². The second-order valence-corrected chi connectivity index (χ2v) is 13.9. The summed E-state index contributed by atoms with van der Waals surface area (Å²) < 4.78 is 11.0. The first-order valence-electron chi connectivity index (χ1n) is 14.9. The largest absolute Gasteiger partial charge is 0.434 e. The number of nitrogens with one attached hydrogen (secondary N) is 4. The lowest BCUT2D eigenvalue weighted by Crippen LogP contribution is -2.61. The molecule has 4 N–H and O–H groups in total. The quantitative estimate of drug-likeness (QED) is 0.310. The molecular weight excluding hydrogens is 609 g/mol. The van der Waals surface area contributed by atoms with Crippen molar-refractivity contribution in [3.8, 4) is 0 Å². The van der Waals surface area contributed by atoms with Crippen molar-refractivity contribution < 1.29 is 18.7 Å². The Morgan fingerprint density at radius 3 is 2.55 bits per heavy atom. The lowest BCUT2D eigenvalue weighted by molar-refractivity contribution is -0.126. The van der Waals surface area contributed by atoms with E-state index in [0.29, 0.717) is 31.5 Å². The maximum Gasteiger partial charge on any atom is 0.434 e. The molecule has 1 aliphatic carbocycles. The Labute approximate surface area is 263 Å². The lowest BCUT2D eigenvalue weighted by atomic mass is 9.53. The predicted molar refractivity (Wildman–Crippen MR) is 160 cm³/mol. The van der Waals surface area contributed by atoms with E-state index in [2.05, 4.69) is 50.0 Å². The standard InChI is InChI=1S/C30H33Cl2N7O5/c1-28(2)8-10-29(11-9-28)30(17-4-6-19(31)35-23(17)36-26(30)41)21(15-7-12-33-20(32)13-15)22(37-29)24(40)34-16-3-5-18(43-14-16)25-38-39-27(42)44-25/h4,6-7,12-13,16,18,21-22,37H,3,5,8-11,14H2,1-2H3,(H,34,40)(H,39,42)(H,35,36,41)/t16-,18+,21+,22-,30-/m1/s1. The van der Waals surface area contributed by atoms with Crippen LogP contribution in [-0.4, -0.2) is 56.2 Å². The van der Waals surface area contributed by atoms with Crippen LogP contribution in [0.15, 0.2) is 39.7 Å². The number of aromatic amines is 1. The third kappa shape index (κ3) is 4.65. The number of amides is 2. The zero-order valence-electron chi connectivity index (χ0n) is 24.3. The maximum absolute atomic E-state index is 14.5. The monoisotopic (exact) mass is 641 g/mol. The topological polar surface area (TPSA) is 164 Å². The van der Waals surface area contributed by atoms with E-state index >= 15 is 0 Å². The highest BCUT2D eigenvalue weighted by Crippen LogP contribution is 2.63. The van der Waals surface area contributed by atoms with E-state index in [1.165, 1.54) is 0 Å². The van der Waals surface area contributed by atoms with Gasteiger partial charge < -0.3 is 19.8 Å². The van der Waals surface area contributed by atoms with Gasteiger partial charge in [-0.25, -0.2) is 19.9 Å². The van der Waals surface area contributed by atoms with Gasteiger partial charge in [-0.2, -0.15) is 0 Å². The Hall–Kier alpha value is -3.32. The fourth-order valence-electron chi connectivity index (χ4n) is 7.90. The summed E-state index contributed by atoms with van der Waals surface area (Å²) >= 11 is 12.7. The van der Waals surface area contributed by atoms with Gasteiger partial charge in [0.1, 0.15) is 27.6 Å². The summed E-state index contributed by atoms with van der Waals surface area (Å²) in [5, 5.41) is 16.6. The van der Waals surface area contributed by atoms with E-state index in [9.17, 15) is 14.4 Å². The SMILES string of the molecule is CC1(C)CCC2(CC1)N[C@@H](C(=O)N[C@@H]1CC[C@@H](c3n[nH]c(=O)o3)OC1)[C@H](c1ccnc(Cl)c1)[C@]21C(=O)Nc2nc(Cl)ccc21. The third-order valence-corrected chi connectivity index (χ3v) is 10.5. The van der Waals surface area contributed by atoms with Crippen LogP contribution < -0.4 is 21.7 Å². The van der Waals surface area contributed by atoms with Gasteiger partial charge in [0, 0.05) is 23.2 Å². The zero-order valence-corrected chi connectivity index (χ0v) is 25.8. The lowest BCUT2D eigenvalue weighted by Gasteiger charge is -2.50. The molecule has 2 amide bonds. The molecule has 14 heteroatoms.